The maximum absolute atomic E-state index is 10.2. The van der Waals surface area contributed by atoms with Crippen LogP contribution in [0.15, 0.2) is 0 Å². The molecule has 2 aliphatic rings. The third kappa shape index (κ3) is 2.15. The Hall–Kier alpha value is 0.130. The molecule has 0 unspecified atom stereocenters. The average Bonchev–Trinajstić information content (AvgIpc) is 2.15. The lowest BCUT2D eigenvalue weighted by atomic mass is 9.78. The summed E-state index contributed by atoms with van der Waals surface area (Å²) in [6.45, 7) is 3.04. The standard InChI is InChI=1S/C10H19NO3.ClH/c1-10(14)8-4-2-3-5-11(8)6-7(12)9(10)13;/h7-9,12-14H,2-6H2,1H3;1H/t7-,8+,9+,10+;/m1./s1. The molecule has 0 spiro atoms. The summed E-state index contributed by atoms with van der Waals surface area (Å²) in [6.07, 6.45) is 1.30. The van der Waals surface area contributed by atoms with E-state index in [1.807, 2.05) is 0 Å². The Morgan fingerprint density at radius 2 is 1.93 bits per heavy atom. The molecule has 2 heterocycles. The molecule has 2 aliphatic heterocycles. The van der Waals surface area contributed by atoms with Crippen LogP contribution in [0.25, 0.3) is 0 Å². The minimum absolute atomic E-state index is 0. The van der Waals surface area contributed by atoms with E-state index in [-0.39, 0.29) is 18.4 Å². The van der Waals surface area contributed by atoms with E-state index in [1.54, 1.807) is 6.92 Å². The molecule has 15 heavy (non-hydrogen) atoms. The molecule has 5 heteroatoms. The van der Waals surface area contributed by atoms with Crippen molar-refractivity contribution in [1.29, 1.82) is 0 Å². The number of aliphatic hydroxyl groups is 3. The van der Waals surface area contributed by atoms with Crippen LogP contribution in [0.2, 0.25) is 0 Å². The van der Waals surface area contributed by atoms with Crippen molar-refractivity contribution < 1.29 is 15.3 Å². The molecule has 2 rings (SSSR count). The van der Waals surface area contributed by atoms with Crippen LogP contribution in [-0.2, 0) is 0 Å². The Kier molecular flexibility index (Phi) is 4.01. The van der Waals surface area contributed by atoms with Gasteiger partial charge in [-0.15, -0.1) is 12.4 Å². The van der Waals surface area contributed by atoms with Gasteiger partial charge in [-0.3, -0.25) is 4.90 Å². The van der Waals surface area contributed by atoms with Crippen molar-refractivity contribution in [2.45, 2.75) is 50.0 Å². The number of hydrogen-bond acceptors (Lipinski definition) is 4. The smallest absolute Gasteiger partial charge is 0.111 e. The van der Waals surface area contributed by atoms with E-state index in [2.05, 4.69) is 4.90 Å². The number of fused-ring (bicyclic) bond motifs is 1. The van der Waals surface area contributed by atoms with Gasteiger partial charge in [0.25, 0.3) is 0 Å². The van der Waals surface area contributed by atoms with Crippen LogP contribution >= 0.6 is 12.4 Å². The van der Waals surface area contributed by atoms with Gasteiger partial charge in [-0.2, -0.15) is 0 Å². The summed E-state index contributed by atoms with van der Waals surface area (Å²) in [6, 6.07) is 0.00894. The zero-order valence-corrected chi connectivity index (χ0v) is 9.78. The molecule has 4 atom stereocenters. The molecule has 0 radical (unpaired) electrons. The molecule has 0 aromatic heterocycles. The summed E-state index contributed by atoms with van der Waals surface area (Å²) in [5.41, 5.74) is -1.17. The van der Waals surface area contributed by atoms with Crippen molar-refractivity contribution in [2.75, 3.05) is 13.1 Å². The topological polar surface area (TPSA) is 63.9 Å². The SMILES string of the molecule is C[C@]1(O)[C@@H]2CCCCN2C[C@@H](O)[C@@H]1O.Cl. The fraction of sp³-hybridized carbons (Fsp3) is 1.00. The maximum atomic E-state index is 10.2. The molecule has 3 N–H and O–H groups in total. The number of rotatable bonds is 0. The van der Waals surface area contributed by atoms with Crippen LogP contribution < -0.4 is 0 Å². The molecule has 2 saturated heterocycles. The summed E-state index contributed by atoms with van der Waals surface area (Å²) < 4.78 is 0. The van der Waals surface area contributed by atoms with Crippen LogP contribution in [0, 0.1) is 0 Å². The quantitative estimate of drug-likeness (QED) is 0.544. The van der Waals surface area contributed by atoms with Crippen molar-refractivity contribution in [2.24, 2.45) is 0 Å². The van der Waals surface area contributed by atoms with E-state index < -0.39 is 17.8 Å². The summed E-state index contributed by atoms with van der Waals surface area (Å²) in [5.74, 6) is 0. The number of halogens is 1. The molecule has 0 bridgehead atoms. The van der Waals surface area contributed by atoms with Gasteiger partial charge in [0, 0.05) is 12.6 Å². The molecular formula is C10H20ClNO3. The van der Waals surface area contributed by atoms with Gasteiger partial charge in [-0.25, -0.2) is 0 Å². The summed E-state index contributed by atoms with van der Waals surface area (Å²) in [5, 5.41) is 29.5. The second-order valence-electron chi connectivity index (χ2n) is 4.74. The molecular weight excluding hydrogens is 218 g/mol. The minimum atomic E-state index is -1.17. The van der Waals surface area contributed by atoms with Gasteiger partial charge >= 0.3 is 0 Å². The average molecular weight is 238 g/mol. The third-order valence-corrected chi connectivity index (χ3v) is 3.67. The van der Waals surface area contributed by atoms with Crippen molar-refractivity contribution in [3.63, 3.8) is 0 Å². The molecule has 0 aliphatic carbocycles. The van der Waals surface area contributed by atoms with E-state index in [4.69, 9.17) is 0 Å². The lowest BCUT2D eigenvalue weighted by Crippen LogP contribution is -2.68. The second-order valence-corrected chi connectivity index (χ2v) is 4.74. The number of nitrogens with zero attached hydrogens (tertiary/aromatic N) is 1. The van der Waals surface area contributed by atoms with Crippen LogP contribution in [-0.4, -0.2) is 57.2 Å². The van der Waals surface area contributed by atoms with Crippen molar-refractivity contribution >= 4 is 12.4 Å². The van der Waals surface area contributed by atoms with Gasteiger partial charge in [0.2, 0.25) is 0 Å². The highest BCUT2D eigenvalue weighted by Crippen LogP contribution is 2.33. The Morgan fingerprint density at radius 3 is 2.60 bits per heavy atom. The van der Waals surface area contributed by atoms with E-state index in [9.17, 15) is 15.3 Å². The van der Waals surface area contributed by atoms with Crippen LogP contribution in [0.4, 0.5) is 0 Å². The second kappa shape index (κ2) is 4.55. The van der Waals surface area contributed by atoms with Gasteiger partial charge in [0.05, 0.1) is 6.10 Å². The first kappa shape index (κ1) is 13.2. The third-order valence-electron chi connectivity index (χ3n) is 3.67. The van der Waals surface area contributed by atoms with E-state index in [0.717, 1.165) is 25.8 Å². The number of aliphatic hydroxyl groups excluding tert-OH is 2. The minimum Gasteiger partial charge on any atom is -0.389 e. The first-order chi connectivity index (χ1) is 6.53. The highest BCUT2D eigenvalue weighted by atomic mass is 35.5. The monoisotopic (exact) mass is 237 g/mol. The van der Waals surface area contributed by atoms with Crippen molar-refractivity contribution in [3.05, 3.63) is 0 Å². The number of piperidine rings is 2. The first-order valence-corrected chi connectivity index (χ1v) is 5.36. The van der Waals surface area contributed by atoms with Crippen molar-refractivity contribution in [3.8, 4) is 0 Å². The maximum Gasteiger partial charge on any atom is 0.111 e. The summed E-state index contributed by atoms with van der Waals surface area (Å²) in [7, 11) is 0. The Bertz CT molecular complexity index is 225. The Morgan fingerprint density at radius 1 is 1.27 bits per heavy atom. The van der Waals surface area contributed by atoms with Gasteiger partial charge in [-0.05, 0) is 26.3 Å². The predicted octanol–water partition coefficient (Wildman–Crippen LogP) is -0.251. The predicted molar refractivity (Wildman–Crippen MR) is 59.1 cm³/mol. The van der Waals surface area contributed by atoms with Crippen molar-refractivity contribution in [1.82, 2.24) is 4.90 Å². The van der Waals surface area contributed by atoms with E-state index in [0.29, 0.717) is 6.54 Å². The summed E-state index contributed by atoms with van der Waals surface area (Å²) >= 11 is 0. The van der Waals surface area contributed by atoms with E-state index >= 15 is 0 Å². The highest BCUT2D eigenvalue weighted by molar-refractivity contribution is 5.85. The molecule has 0 amide bonds. The molecule has 0 aromatic rings. The van der Waals surface area contributed by atoms with Crippen LogP contribution in [0.5, 0.6) is 0 Å². The summed E-state index contributed by atoms with van der Waals surface area (Å²) in [4.78, 5) is 2.10. The fourth-order valence-corrected chi connectivity index (χ4v) is 2.80. The molecule has 90 valence electrons. The van der Waals surface area contributed by atoms with Gasteiger partial charge in [0.15, 0.2) is 0 Å². The van der Waals surface area contributed by atoms with Crippen LogP contribution in [0.3, 0.4) is 0 Å². The zero-order valence-electron chi connectivity index (χ0n) is 8.96. The lowest BCUT2D eigenvalue weighted by molar-refractivity contribution is -0.196. The first-order valence-electron chi connectivity index (χ1n) is 5.36. The van der Waals surface area contributed by atoms with Gasteiger partial charge in [0.1, 0.15) is 11.7 Å². The van der Waals surface area contributed by atoms with Crippen LogP contribution in [0.1, 0.15) is 26.2 Å². The Labute approximate surface area is 96.3 Å². The normalized spacial score (nSPS) is 46.8. The fourth-order valence-electron chi connectivity index (χ4n) is 2.80. The molecule has 4 nitrogen and oxygen atoms in total. The van der Waals surface area contributed by atoms with Gasteiger partial charge in [-0.1, -0.05) is 6.42 Å². The number of hydrogen-bond donors (Lipinski definition) is 3. The lowest BCUT2D eigenvalue weighted by Gasteiger charge is -2.51. The zero-order chi connectivity index (χ0) is 10.3. The largest absolute Gasteiger partial charge is 0.389 e. The van der Waals surface area contributed by atoms with E-state index in [1.165, 1.54) is 0 Å². The molecule has 2 fully saturated rings. The highest BCUT2D eigenvalue weighted by Gasteiger charge is 2.50. The molecule has 0 saturated carbocycles. The Balaban J connectivity index is 0.00000112. The molecule has 0 aromatic carbocycles. The van der Waals surface area contributed by atoms with Gasteiger partial charge < -0.3 is 15.3 Å².